The number of carbonyl (C=O) groups excluding carboxylic acids is 1. The highest BCUT2D eigenvalue weighted by Gasteiger charge is 2.30. The van der Waals surface area contributed by atoms with E-state index in [0.717, 1.165) is 17.5 Å². The SMILES string of the molecule is CC(C)(O)CCn1cc2cc(NC(=O)c3csc(Br)n3)c(-c3ccc(C(F)(F)F)cc3)cc2n1. The van der Waals surface area contributed by atoms with Crippen molar-refractivity contribution in [3.63, 3.8) is 0 Å². The number of nitrogens with one attached hydrogen (secondary N) is 1. The number of hydrogen-bond acceptors (Lipinski definition) is 5. The van der Waals surface area contributed by atoms with Crippen LogP contribution in [-0.2, 0) is 12.7 Å². The van der Waals surface area contributed by atoms with Gasteiger partial charge in [0.05, 0.1) is 16.7 Å². The van der Waals surface area contributed by atoms with Crippen LogP contribution < -0.4 is 5.32 Å². The molecule has 0 saturated carbocycles. The Hall–Kier alpha value is -2.76. The number of aryl methyl sites for hydroxylation is 1. The monoisotopic (exact) mass is 552 g/mol. The Morgan fingerprint density at radius 3 is 2.50 bits per heavy atom. The molecule has 4 aromatic rings. The van der Waals surface area contributed by atoms with Gasteiger partial charge < -0.3 is 10.4 Å². The van der Waals surface area contributed by atoms with Crippen molar-refractivity contribution in [1.29, 1.82) is 0 Å². The Bertz CT molecular complexity index is 1340. The minimum Gasteiger partial charge on any atom is -0.390 e. The molecule has 0 aliphatic heterocycles. The topological polar surface area (TPSA) is 80.0 Å². The lowest BCUT2D eigenvalue weighted by molar-refractivity contribution is -0.137. The average molecular weight is 553 g/mol. The molecule has 0 radical (unpaired) electrons. The van der Waals surface area contributed by atoms with E-state index in [1.165, 1.54) is 23.5 Å². The molecule has 2 aromatic carbocycles. The summed E-state index contributed by atoms with van der Waals surface area (Å²) in [6.07, 6.45) is -2.17. The highest BCUT2D eigenvalue weighted by atomic mass is 79.9. The molecule has 0 saturated heterocycles. The smallest absolute Gasteiger partial charge is 0.390 e. The van der Waals surface area contributed by atoms with Crippen LogP contribution in [0.4, 0.5) is 18.9 Å². The minimum absolute atomic E-state index is 0.219. The molecule has 11 heteroatoms. The number of hydrogen-bond donors (Lipinski definition) is 2. The zero-order valence-corrected chi connectivity index (χ0v) is 20.6. The van der Waals surface area contributed by atoms with Crippen molar-refractivity contribution >= 4 is 49.8 Å². The zero-order chi connectivity index (χ0) is 24.7. The van der Waals surface area contributed by atoms with E-state index in [1.807, 2.05) is 0 Å². The van der Waals surface area contributed by atoms with Gasteiger partial charge in [0.15, 0.2) is 3.92 Å². The molecule has 0 spiro atoms. The van der Waals surface area contributed by atoms with Gasteiger partial charge in [-0.1, -0.05) is 12.1 Å². The summed E-state index contributed by atoms with van der Waals surface area (Å²) in [6.45, 7) is 3.90. The van der Waals surface area contributed by atoms with Gasteiger partial charge in [-0.05, 0) is 66.0 Å². The van der Waals surface area contributed by atoms with E-state index in [1.54, 1.807) is 42.2 Å². The van der Waals surface area contributed by atoms with Crippen molar-refractivity contribution in [2.75, 3.05) is 5.32 Å². The molecule has 178 valence electrons. The standard InChI is InChI=1S/C23H20BrF3N4O2S/c1-22(2,33)7-8-31-11-14-9-18(28-20(32)19-12-34-21(24)29-19)16(10-17(14)30-31)13-3-5-15(6-4-13)23(25,26)27/h3-6,9-12,33H,7-8H2,1-2H3,(H,28,32). The van der Waals surface area contributed by atoms with Crippen LogP contribution in [0.2, 0.25) is 0 Å². The number of anilines is 1. The maximum atomic E-state index is 13.0. The Balaban J connectivity index is 1.75. The van der Waals surface area contributed by atoms with E-state index in [2.05, 4.69) is 31.3 Å². The lowest BCUT2D eigenvalue weighted by Crippen LogP contribution is -2.21. The Morgan fingerprint density at radius 2 is 1.91 bits per heavy atom. The molecule has 0 aliphatic rings. The van der Waals surface area contributed by atoms with E-state index in [-0.39, 0.29) is 5.69 Å². The first kappa shape index (κ1) is 24.4. The molecule has 4 rings (SSSR count). The van der Waals surface area contributed by atoms with E-state index in [9.17, 15) is 23.1 Å². The number of fused-ring (bicyclic) bond motifs is 1. The van der Waals surface area contributed by atoms with Crippen LogP contribution >= 0.6 is 27.3 Å². The molecule has 0 bridgehead atoms. The Morgan fingerprint density at radius 1 is 1.21 bits per heavy atom. The van der Waals surface area contributed by atoms with Crippen molar-refractivity contribution in [2.24, 2.45) is 0 Å². The summed E-state index contributed by atoms with van der Waals surface area (Å²) in [6, 6.07) is 8.20. The van der Waals surface area contributed by atoms with Gasteiger partial charge in [-0.15, -0.1) is 11.3 Å². The molecular formula is C23H20BrF3N4O2S. The second-order valence-corrected chi connectivity index (χ2v) is 10.6. The van der Waals surface area contributed by atoms with Gasteiger partial charge >= 0.3 is 6.18 Å². The fourth-order valence-electron chi connectivity index (χ4n) is 3.35. The number of nitrogens with zero attached hydrogens (tertiary/aromatic N) is 3. The lowest BCUT2D eigenvalue weighted by atomic mass is 10.00. The fourth-order valence-corrected chi connectivity index (χ4v) is 4.34. The Labute approximate surface area is 205 Å². The van der Waals surface area contributed by atoms with Gasteiger partial charge in [-0.3, -0.25) is 9.48 Å². The maximum absolute atomic E-state index is 13.0. The molecule has 6 nitrogen and oxygen atoms in total. The van der Waals surface area contributed by atoms with E-state index >= 15 is 0 Å². The molecule has 0 fully saturated rings. The first-order valence-corrected chi connectivity index (χ1v) is 11.9. The van der Waals surface area contributed by atoms with Crippen LogP contribution in [0.1, 0.15) is 36.3 Å². The molecular weight excluding hydrogens is 533 g/mol. The number of amides is 1. The molecule has 1 amide bonds. The quantitative estimate of drug-likeness (QED) is 0.292. The van der Waals surface area contributed by atoms with Gasteiger partial charge in [0, 0.05) is 34.8 Å². The van der Waals surface area contributed by atoms with Crippen molar-refractivity contribution in [2.45, 2.75) is 38.6 Å². The van der Waals surface area contributed by atoms with E-state index < -0.39 is 23.2 Å². The number of aliphatic hydroxyl groups is 1. The molecule has 2 heterocycles. The third-order valence-electron chi connectivity index (χ3n) is 5.12. The fraction of sp³-hybridized carbons (Fsp3) is 0.261. The predicted octanol–water partition coefficient (Wildman–Crippen LogP) is 6.35. The van der Waals surface area contributed by atoms with Crippen LogP contribution in [-0.4, -0.2) is 31.4 Å². The van der Waals surface area contributed by atoms with Gasteiger partial charge in [0.2, 0.25) is 0 Å². The second kappa shape index (κ2) is 9.12. The van der Waals surface area contributed by atoms with Crippen LogP contribution in [0.3, 0.4) is 0 Å². The summed E-state index contributed by atoms with van der Waals surface area (Å²) < 4.78 is 41.4. The van der Waals surface area contributed by atoms with Crippen LogP contribution in [0.25, 0.3) is 22.0 Å². The summed E-state index contributed by atoms with van der Waals surface area (Å²) in [5.74, 6) is -0.441. The summed E-state index contributed by atoms with van der Waals surface area (Å²) >= 11 is 4.50. The van der Waals surface area contributed by atoms with Gasteiger partial charge in [0.1, 0.15) is 5.69 Å². The molecule has 2 aromatic heterocycles. The van der Waals surface area contributed by atoms with E-state index in [0.29, 0.717) is 39.2 Å². The van der Waals surface area contributed by atoms with Gasteiger partial charge in [-0.2, -0.15) is 18.3 Å². The highest BCUT2D eigenvalue weighted by molar-refractivity contribution is 9.11. The number of carbonyl (C=O) groups is 1. The van der Waals surface area contributed by atoms with Crippen LogP contribution in [0.15, 0.2) is 51.9 Å². The van der Waals surface area contributed by atoms with Gasteiger partial charge in [-0.25, -0.2) is 4.98 Å². The number of thiazole rings is 1. The number of rotatable bonds is 6. The van der Waals surface area contributed by atoms with Crippen molar-refractivity contribution in [1.82, 2.24) is 14.8 Å². The lowest BCUT2D eigenvalue weighted by Gasteiger charge is -2.16. The number of benzene rings is 2. The molecule has 0 aliphatic carbocycles. The van der Waals surface area contributed by atoms with Crippen molar-refractivity contribution < 1.29 is 23.1 Å². The molecule has 0 atom stereocenters. The van der Waals surface area contributed by atoms with E-state index in [4.69, 9.17) is 0 Å². The normalized spacial score (nSPS) is 12.3. The number of halogens is 4. The Kier molecular flexibility index (Phi) is 6.54. The summed E-state index contributed by atoms with van der Waals surface area (Å²) in [7, 11) is 0. The molecule has 2 N–H and O–H groups in total. The van der Waals surface area contributed by atoms with Crippen LogP contribution in [0.5, 0.6) is 0 Å². The first-order valence-electron chi connectivity index (χ1n) is 10.2. The summed E-state index contributed by atoms with van der Waals surface area (Å²) in [5.41, 5.74) is 0.655. The zero-order valence-electron chi connectivity index (χ0n) is 18.2. The predicted molar refractivity (Wildman–Crippen MR) is 129 cm³/mol. The highest BCUT2D eigenvalue weighted by Crippen LogP contribution is 2.35. The van der Waals surface area contributed by atoms with Crippen molar-refractivity contribution in [3.05, 3.63) is 63.1 Å². The number of aromatic nitrogens is 3. The third kappa shape index (κ3) is 5.65. The maximum Gasteiger partial charge on any atom is 0.416 e. The summed E-state index contributed by atoms with van der Waals surface area (Å²) in [5, 5.41) is 19.7. The van der Waals surface area contributed by atoms with Crippen molar-refractivity contribution in [3.8, 4) is 11.1 Å². The van der Waals surface area contributed by atoms with Crippen LogP contribution in [0, 0.1) is 0 Å². The van der Waals surface area contributed by atoms with Gasteiger partial charge in [0.25, 0.3) is 5.91 Å². The summed E-state index contributed by atoms with van der Waals surface area (Å²) in [4.78, 5) is 16.9. The second-order valence-electron chi connectivity index (χ2n) is 8.43. The molecule has 0 unspecified atom stereocenters. The first-order chi connectivity index (χ1) is 15.9. The average Bonchev–Trinajstić information content (AvgIpc) is 3.36. The third-order valence-corrected chi connectivity index (χ3v) is 6.49. The number of alkyl halides is 3. The molecule has 34 heavy (non-hydrogen) atoms. The largest absolute Gasteiger partial charge is 0.416 e. The minimum atomic E-state index is -4.45.